The standard InChI is InChI=1S/C18H19ClF3N3O3/c1-27-14-8-15(28-2)12(7-11(14)19)23-16(26)9-25-13-6-4-3-5-10(13)17(24-25)18(20,21)22/h7-8H,3-6,9H2,1-2H3,(H,23,26). The predicted octanol–water partition coefficient (Wildman–Crippen LogP) is 4.09. The molecule has 0 saturated heterocycles. The Bertz CT molecular complexity index is 896. The van der Waals surface area contributed by atoms with Gasteiger partial charge in [0.1, 0.15) is 18.0 Å². The smallest absolute Gasteiger partial charge is 0.435 e. The number of anilines is 1. The van der Waals surface area contributed by atoms with Crippen LogP contribution < -0.4 is 14.8 Å². The average Bonchev–Trinajstić information content (AvgIpc) is 3.01. The maximum Gasteiger partial charge on any atom is 0.435 e. The fraction of sp³-hybridized carbons (Fsp3) is 0.444. The normalized spacial score (nSPS) is 13.8. The van der Waals surface area contributed by atoms with Gasteiger partial charge in [-0.15, -0.1) is 0 Å². The molecule has 0 atom stereocenters. The number of alkyl halides is 3. The van der Waals surface area contributed by atoms with Gasteiger partial charge in [-0.3, -0.25) is 9.48 Å². The fourth-order valence-electron chi connectivity index (χ4n) is 3.31. The molecular formula is C18H19ClF3N3O3. The van der Waals surface area contributed by atoms with Gasteiger partial charge in [0, 0.05) is 17.3 Å². The lowest BCUT2D eigenvalue weighted by Gasteiger charge is -2.15. The number of nitrogens with zero attached hydrogens (tertiary/aromatic N) is 2. The maximum atomic E-state index is 13.3. The summed E-state index contributed by atoms with van der Waals surface area (Å²) in [5, 5.41) is 6.56. The number of rotatable bonds is 5. The van der Waals surface area contributed by atoms with Gasteiger partial charge in [0.15, 0.2) is 5.69 Å². The van der Waals surface area contributed by atoms with Crippen molar-refractivity contribution in [3.63, 3.8) is 0 Å². The van der Waals surface area contributed by atoms with E-state index in [4.69, 9.17) is 21.1 Å². The first-order valence-corrected chi connectivity index (χ1v) is 8.99. The van der Waals surface area contributed by atoms with Crippen LogP contribution in [-0.4, -0.2) is 29.9 Å². The van der Waals surface area contributed by atoms with Gasteiger partial charge in [-0.05, 0) is 31.7 Å². The Labute approximate surface area is 164 Å². The highest BCUT2D eigenvalue weighted by atomic mass is 35.5. The first kappa shape index (κ1) is 20.3. The van der Waals surface area contributed by atoms with E-state index in [1.807, 2.05) is 0 Å². The van der Waals surface area contributed by atoms with Crippen molar-refractivity contribution in [2.45, 2.75) is 38.4 Å². The number of methoxy groups -OCH3 is 2. The third-order valence-electron chi connectivity index (χ3n) is 4.57. The molecule has 3 rings (SSSR count). The summed E-state index contributed by atoms with van der Waals surface area (Å²) in [4.78, 5) is 12.5. The van der Waals surface area contributed by atoms with E-state index in [1.54, 1.807) is 0 Å². The Morgan fingerprint density at radius 2 is 1.89 bits per heavy atom. The molecule has 1 N–H and O–H groups in total. The molecule has 1 aromatic heterocycles. The summed E-state index contributed by atoms with van der Waals surface area (Å²) in [7, 11) is 2.86. The molecule has 10 heteroatoms. The highest BCUT2D eigenvalue weighted by Crippen LogP contribution is 2.37. The number of amides is 1. The molecule has 1 aliphatic rings. The number of ether oxygens (including phenoxy) is 2. The van der Waals surface area contributed by atoms with Crippen molar-refractivity contribution >= 4 is 23.2 Å². The molecule has 0 bridgehead atoms. The van der Waals surface area contributed by atoms with Crippen LogP contribution in [0.4, 0.5) is 18.9 Å². The molecule has 6 nitrogen and oxygen atoms in total. The molecule has 1 heterocycles. The molecule has 0 spiro atoms. The maximum absolute atomic E-state index is 13.3. The molecule has 152 valence electrons. The second-order valence-corrected chi connectivity index (χ2v) is 6.78. The zero-order valence-electron chi connectivity index (χ0n) is 15.3. The summed E-state index contributed by atoms with van der Waals surface area (Å²) in [6.45, 7) is -0.342. The van der Waals surface area contributed by atoms with E-state index in [0.29, 0.717) is 36.5 Å². The Morgan fingerprint density at radius 1 is 1.21 bits per heavy atom. The van der Waals surface area contributed by atoms with Crippen molar-refractivity contribution in [2.75, 3.05) is 19.5 Å². The summed E-state index contributed by atoms with van der Waals surface area (Å²) in [6, 6.07) is 2.96. The summed E-state index contributed by atoms with van der Waals surface area (Å²) < 4.78 is 51.3. The lowest BCUT2D eigenvalue weighted by molar-refractivity contribution is -0.142. The summed E-state index contributed by atoms with van der Waals surface area (Å²) in [5.74, 6) is 0.143. The van der Waals surface area contributed by atoms with Gasteiger partial charge in [0.05, 0.1) is 24.9 Å². The molecule has 1 aromatic carbocycles. The van der Waals surface area contributed by atoms with Gasteiger partial charge in [0.2, 0.25) is 5.91 Å². The Kier molecular flexibility index (Phi) is 5.74. The zero-order chi connectivity index (χ0) is 20.5. The number of nitrogens with one attached hydrogen (secondary N) is 1. The third kappa shape index (κ3) is 4.04. The van der Waals surface area contributed by atoms with E-state index in [0.717, 1.165) is 11.1 Å². The second kappa shape index (κ2) is 7.90. The van der Waals surface area contributed by atoms with Gasteiger partial charge in [-0.1, -0.05) is 11.6 Å². The van der Waals surface area contributed by atoms with E-state index < -0.39 is 17.8 Å². The Balaban J connectivity index is 1.85. The number of hydrogen-bond donors (Lipinski definition) is 1. The molecule has 1 amide bonds. The van der Waals surface area contributed by atoms with E-state index in [9.17, 15) is 18.0 Å². The number of carbonyl (C=O) groups is 1. The first-order chi connectivity index (χ1) is 13.2. The van der Waals surface area contributed by atoms with Crippen molar-refractivity contribution in [3.05, 3.63) is 34.1 Å². The van der Waals surface area contributed by atoms with Crippen LogP contribution >= 0.6 is 11.6 Å². The van der Waals surface area contributed by atoms with Crippen LogP contribution in [0.15, 0.2) is 12.1 Å². The number of hydrogen-bond acceptors (Lipinski definition) is 4. The van der Waals surface area contributed by atoms with Crippen molar-refractivity contribution in [1.82, 2.24) is 9.78 Å². The van der Waals surface area contributed by atoms with E-state index in [1.165, 1.54) is 26.4 Å². The number of fused-ring (bicyclic) bond motifs is 1. The van der Waals surface area contributed by atoms with Crippen molar-refractivity contribution < 1.29 is 27.4 Å². The molecular weight excluding hydrogens is 399 g/mol. The van der Waals surface area contributed by atoms with Crippen LogP contribution in [0.3, 0.4) is 0 Å². The summed E-state index contributed by atoms with van der Waals surface area (Å²) >= 11 is 6.08. The molecule has 2 aromatic rings. The fourth-order valence-corrected chi connectivity index (χ4v) is 3.55. The van der Waals surface area contributed by atoms with E-state index >= 15 is 0 Å². The minimum Gasteiger partial charge on any atom is -0.495 e. The monoisotopic (exact) mass is 417 g/mol. The average molecular weight is 418 g/mol. The van der Waals surface area contributed by atoms with Gasteiger partial charge in [0.25, 0.3) is 0 Å². The lowest BCUT2D eigenvalue weighted by Crippen LogP contribution is -2.22. The number of benzene rings is 1. The van der Waals surface area contributed by atoms with Crippen LogP contribution in [0.25, 0.3) is 0 Å². The molecule has 0 fully saturated rings. The van der Waals surface area contributed by atoms with Crippen LogP contribution in [-0.2, 0) is 30.4 Å². The number of carbonyl (C=O) groups excluding carboxylic acids is 1. The lowest BCUT2D eigenvalue weighted by atomic mass is 9.95. The number of aromatic nitrogens is 2. The molecule has 0 saturated carbocycles. The number of halogens is 4. The predicted molar refractivity (Wildman–Crippen MR) is 97.1 cm³/mol. The molecule has 28 heavy (non-hydrogen) atoms. The third-order valence-corrected chi connectivity index (χ3v) is 4.86. The van der Waals surface area contributed by atoms with Crippen molar-refractivity contribution in [3.8, 4) is 11.5 Å². The zero-order valence-corrected chi connectivity index (χ0v) is 16.1. The molecule has 0 radical (unpaired) electrons. The van der Waals surface area contributed by atoms with Crippen molar-refractivity contribution in [2.24, 2.45) is 0 Å². The van der Waals surface area contributed by atoms with Gasteiger partial charge < -0.3 is 14.8 Å². The van der Waals surface area contributed by atoms with Crippen LogP contribution in [0.1, 0.15) is 29.8 Å². The van der Waals surface area contributed by atoms with E-state index in [-0.39, 0.29) is 22.8 Å². The Morgan fingerprint density at radius 3 is 2.54 bits per heavy atom. The first-order valence-electron chi connectivity index (χ1n) is 8.61. The largest absolute Gasteiger partial charge is 0.495 e. The topological polar surface area (TPSA) is 65.4 Å². The van der Waals surface area contributed by atoms with Crippen molar-refractivity contribution in [1.29, 1.82) is 0 Å². The van der Waals surface area contributed by atoms with Crippen LogP contribution in [0.2, 0.25) is 5.02 Å². The summed E-state index contributed by atoms with van der Waals surface area (Å²) in [5.41, 5.74) is 0.0421. The van der Waals surface area contributed by atoms with Gasteiger partial charge in [-0.2, -0.15) is 18.3 Å². The SMILES string of the molecule is COc1cc(OC)c(NC(=O)Cn2nc(C(F)(F)F)c3c2CCCC3)cc1Cl. The van der Waals surface area contributed by atoms with Crippen LogP contribution in [0, 0.1) is 0 Å². The second-order valence-electron chi connectivity index (χ2n) is 6.37. The minimum absolute atomic E-state index is 0.191. The van der Waals surface area contributed by atoms with E-state index in [2.05, 4.69) is 10.4 Å². The Hall–Kier alpha value is -2.42. The quantitative estimate of drug-likeness (QED) is 0.795. The molecule has 1 aliphatic carbocycles. The minimum atomic E-state index is -4.55. The molecule has 0 aliphatic heterocycles. The summed E-state index contributed by atoms with van der Waals surface area (Å²) in [6.07, 6.45) is -2.33. The highest BCUT2D eigenvalue weighted by molar-refractivity contribution is 6.32. The molecule has 0 unspecified atom stereocenters. The highest BCUT2D eigenvalue weighted by Gasteiger charge is 2.39. The van der Waals surface area contributed by atoms with Gasteiger partial charge >= 0.3 is 6.18 Å². The van der Waals surface area contributed by atoms with Crippen LogP contribution in [0.5, 0.6) is 11.5 Å². The van der Waals surface area contributed by atoms with Gasteiger partial charge in [-0.25, -0.2) is 0 Å².